The van der Waals surface area contributed by atoms with Gasteiger partial charge in [-0.2, -0.15) is 0 Å². The second kappa shape index (κ2) is 6.79. The Morgan fingerprint density at radius 1 is 1.08 bits per heavy atom. The van der Waals surface area contributed by atoms with E-state index in [9.17, 15) is 4.79 Å². The van der Waals surface area contributed by atoms with Crippen molar-refractivity contribution in [2.45, 2.75) is 19.8 Å². The van der Waals surface area contributed by atoms with Crippen molar-refractivity contribution in [3.8, 4) is 17.0 Å². The van der Waals surface area contributed by atoms with Crippen molar-refractivity contribution >= 4 is 16.8 Å². The van der Waals surface area contributed by atoms with Gasteiger partial charge in [-0.25, -0.2) is 4.98 Å². The van der Waals surface area contributed by atoms with Crippen LogP contribution in [-0.4, -0.2) is 36.0 Å². The number of aromatic nitrogens is 1. The number of pyridine rings is 1. The molecular formula is C22H22N2O2. The molecule has 1 aromatic heterocycles. The number of likely N-dealkylation sites (tertiary alicyclic amines) is 1. The number of rotatable bonds is 3. The number of ether oxygens (including phenoxy) is 1. The molecule has 4 rings (SSSR count). The fourth-order valence-corrected chi connectivity index (χ4v) is 3.54. The van der Waals surface area contributed by atoms with Gasteiger partial charge in [0.05, 0.1) is 23.9 Å². The third-order valence-electron chi connectivity index (χ3n) is 4.95. The summed E-state index contributed by atoms with van der Waals surface area (Å²) in [5.74, 6) is 0.880. The molecule has 0 N–H and O–H groups in total. The summed E-state index contributed by atoms with van der Waals surface area (Å²) in [6, 6.07) is 15.8. The minimum Gasteiger partial charge on any atom is -0.497 e. The molecule has 0 spiro atoms. The Bertz CT molecular complexity index is 975. The van der Waals surface area contributed by atoms with Gasteiger partial charge < -0.3 is 9.64 Å². The van der Waals surface area contributed by atoms with Gasteiger partial charge in [0.2, 0.25) is 0 Å². The van der Waals surface area contributed by atoms with Crippen molar-refractivity contribution in [1.82, 2.24) is 9.88 Å². The molecule has 26 heavy (non-hydrogen) atoms. The molecule has 0 bridgehead atoms. The Morgan fingerprint density at radius 2 is 1.88 bits per heavy atom. The van der Waals surface area contributed by atoms with E-state index in [1.165, 1.54) is 0 Å². The Kier molecular flexibility index (Phi) is 4.33. The lowest BCUT2D eigenvalue weighted by Crippen LogP contribution is -2.27. The van der Waals surface area contributed by atoms with E-state index in [-0.39, 0.29) is 5.91 Å². The minimum absolute atomic E-state index is 0.102. The standard InChI is InChI=1S/C22H22N2O2/c1-15-8-9-20-18(12-15)19(22(25)24-10-3-4-11-24)14-21(23-20)16-6-5-7-17(13-16)26-2/h5-9,12-14H,3-4,10-11H2,1-2H3. The lowest BCUT2D eigenvalue weighted by atomic mass is 10.0. The van der Waals surface area contributed by atoms with Gasteiger partial charge >= 0.3 is 0 Å². The molecule has 1 amide bonds. The zero-order valence-corrected chi connectivity index (χ0v) is 15.2. The zero-order chi connectivity index (χ0) is 18.1. The highest BCUT2D eigenvalue weighted by Gasteiger charge is 2.22. The van der Waals surface area contributed by atoms with E-state index in [1.807, 2.05) is 54.3 Å². The Hall–Kier alpha value is -2.88. The first kappa shape index (κ1) is 16.6. The molecule has 132 valence electrons. The van der Waals surface area contributed by atoms with Gasteiger partial charge in [0.1, 0.15) is 5.75 Å². The highest BCUT2D eigenvalue weighted by molar-refractivity contribution is 6.07. The van der Waals surface area contributed by atoms with Crippen LogP contribution >= 0.6 is 0 Å². The topological polar surface area (TPSA) is 42.4 Å². The maximum atomic E-state index is 13.2. The summed E-state index contributed by atoms with van der Waals surface area (Å²) in [5, 5.41) is 0.925. The number of methoxy groups -OCH3 is 1. The minimum atomic E-state index is 0.102. The SMILES string of the molecule is COc1cccc(-c2cc(C(=O)N3CCCC3)c3cc(C)ccc3n2)c1. The monoisotopic (exact) mass is 346 g/mol. The molecule has 4 nitrogen and oxygen atoms in total. The van der Waals surface area contributed by atoms with Crippen LogP contribution in [0.1, 0.15) is 28.8 Å². The number of amides is 1. The molecule has 2 heterocycles. The smallest absolute Gasteiger partial charge is 0.254 e. The summed E-state index contributed by atoms with van der Waals surface area (Å²) < 4.78 is 5.34. The number of carbonyl (C=O) groups is 1. The van der Waals surface area contributed by atoms with Gasteiger partial charge in [0, 0.05) is 24.0 Å². The number of carbonyl (C=O) groups excluding carboxylic acids is 1. The van der Waals surface area contributed by atoms with Gasteiger partial charge in [-0.3, -0.25) is 4.79 Å². The number of hydrogen-bond acceptors (Lipinski definition) is 3. The Balaban J connectivity index is 1.89. The van der Waals surface area contributed by atoms with E-state index in [2.05, 4.69) is 6.07 Å². The largest absolute Gasteiger partial charge is 0.497 e. The number of benzene rings is 2. The molecule has 0 unspecified atom stereocenters. The van der Waals surface area contributed by atoms with Gasteiger partial charge in [-0.1, -0.05) is 23.8 Å². The van der Waals surface area contributed by atoms with Crippen LogP contribution in [-0.2, 0) is 0 Å². The lowest BCUT2D eigenvalue weighted by molar-refractivity contribution is 0.0794. The van der Waals surface area contributed by atoms with Gasteiger partial charge in [-0.05, 0) is 50.1 Å². The van der Waals surface area contributed by atoms with Gasteiger partial charge in [0.25, 0.3) is 5.91 Å². The predicted octanol–water partition coefficient (Wildman–Crippen LogP) is 4.45. The summed E-state index contributed by atoms with van der Waals surface area (Å²) in [7, 11) is 1.65. The number of nitrogens with zero attached hydrogens (tertiary/aromatic N) is 2. The van der Waals surface area contributed by atoms with Crippen molar-refractivity contribution in [1.29, 1.82) is 0 Å². The van der Waals surface area contributed by atoms with Crippen LogP contribution in [0.5, 0.6) is 5.75 Å². The third-order valence-corrected chi connectivity index (χ3v) is 4.95. The first-order valence-corrected chi connectivity index (χ1v) is 9.01. The quantitative estimate of drug-likeness (QED) is 0.703. The van der Waals surface area contributed by atoms with Crippen LogP contribution in [0.3, 0.4) is 0 Å². The molecule has 1 saturated heterocycles. The van der Waals surface area contributed by atoms with Crippen LogP contribution < -0.4 is 4.74 Å². The Labute approximate surface area is 153 Å². The Morgan fingerprint density at radius 3 is 2.65 bits per heavy atom. The maximum absolute atomic E-state index is 13.2. The fraction of sp³-hybridized carbons (Fsp3) is 0.273. The van der Waals surface area contributed by atoms with Crippen molar-refractivity contribution < 1.29 is 9.53 Å². The molecule has 0 aliphatic carbocycles. The van der Waals surface area contributed by atoms with Crippen LogP contribution in [0.25, 0.3) is 22.2 Å². The molecule has 4 heteroatoms. The van der Waals surface area contributed by atoms with E-state index in [0.717, 1.165) is 65.0 Å². The van der Waals surface area contributed by atoms with E-state index >= 15 is 0 Å². The van der Waals surface area contributed by atoms with Crippen molar-refractivity contribution in [2.24, 2.45) is 0 Å². The summed E-state index contributed by atoms with van der Waals surface area (Å²) in [5.41, 5.74) is 4.45. The fourth-order valence-electron chi connectivity index (χ4n) is 3.54. The van der Waals surface area contributed by atoms with Gasteiger partial charge in [-0.15, -0.1) is 0 Å². The van der Waals surface area contributed by atoms with Gasteiger partial charge in [0.15, 0.2) is 0 Å². The molecule has 0 atom stereocenters. The molecule has 1 fully saturated rings. The van der Waals surface area contributed by atoms with E-state index in [0.29, 0.717) is 0 Å². The zero-order valence-electron chi connectivity index (χ0n) is 15.2. The van der Waals surface area contributed by atoms with E-state index < -0.39 is 0 Å². The highest BCUT2D eigenvalue weighted by Crippen LogP contribution is 2.29. The second-order valence-corrected chi connectivity index (χ2v) is 6.81. The second-order valence-electron chi connectivity index (χ2n) is 6.81. The average Bonchev–Trinajstić information content (AvgIpc) is 3.21. The van der Waals surface area contributed by atoms with Crippen LogP contribution in [0, 0.1) is 6.92 Å². The average molecular weight is 346 g/mol. The summed E-state index contributed by atoms with van der Waals surface area (Å²) in [6.45, 7) is 3.71. The van der Waals surface area contributed by atoms with Crippen molar-refractivity contribution in [3.05, 3.63) is 59.7 Å². The maximum Gasteiger partial charge on any atom is 0.254 e. The summed E-state index contributed by atoms with van der Waals surface area (Å²) >= 11 is 0. The van der Waals surface area contributed by atoms with Crippen molar-refractivity contribution in [2.75, 3.05) is 20.2 Å². The van der Waals surface area contributed by atoms with E-state index in [1.54, 1.807) is 7.11 Å². The van der Waals surface area contributed by atoms with E-state index in [4.69, 9.17) is 9.72 Å². The molecule has 0 radical (unpaired) electrons. The molecule has 2 aromatic carbocycles. The summed E-state index contributed by atoms with van der Waals surface area (Å²) in [4.78, 5) is 19.9. The molecule has 1 aliphatic rings. The number of hydrogen-bond donors (Lipinski definition) is 0. The molecule has 0 saturated carbocycles. The number of fused-ring (bicyclic) bond motifs is 1. The van der Waals surface area contributed by atoms with Crippen LogP contribution in [0.2, 0.25) is 0 Å². The molecule has 1 aliphatic heterocycles. The lowest BCUT2D eigenvalue weighted by Gasteiger charge is -2.18. The van der Waals surface area contributed by atoms with Crippen molar-refractivity contribution in [3.63, 3.8) is 0 Å². The number of aryl methyl sites for hydroxylation is 1. The molecular weight excluding hydrogens is 324 g/mol. The highest BCUT2D eigenvalue weighted by atomic mass is 16.5. The van der Waals surface area contributed by atoms with Crippen LogP contribution in [0.4, 0.5) is 0 Å². The first-order chi connectivity index (χ1) is 12.7. The third kappa shape index (κ3) is 3.03. The predicted molar refractivity (Wildman–Crippen MR) is 104 cm³/mol. The molecule has 3 aromatic rings. The first-order valence-electron chi connectivity index (χ1n) is 9.01. The summed E-state index contributed by atoms with van der Waals surface area (Å²) in [6.07, 6.45) is 2.16. The van der Waals surface area contributed by atoms with Crippen LogP contribution in [0.15, 0.2) is 48.5 Å². The normalized spacial score (nSPS) is 14.0.